The van der Waals surface area contributed by atoms with E-state index in [0.717, 1.165) is 12.1 Å². The molecule has 18 heavy (non-hydrogen) atoms. The van der Waals surface area contributed by atoms with Gasteiger partial charge in [0.25, 0.3) is 0 Å². The lowest BCUT2D eigenvalue weighted by atomic mass is 10.1. The molecule has 0 saturated carbocycles. The SMILES string of the molecule is CC#CCNCC(O)c1cccc(C(F)(F)F)c1. The third kappa shape index (κ3) is 4.40. The highest BCUT2D eigenvalue weighted by atomic mass is 19.4. The lowest BCUT2D eigenvalue weighted by Crippen LogP contribution is -2.22. The van der Waals surface area contributed by atoms with Crippen molar-refractivity contribution in [3.63, 3.8) is 0 Å². The summed E-state index contributed by atoms with van der Waals surface area (Å²) >= 11 is 0. The molecule has 0 aliphatic heterocycles. The van der Waals surface area contributed by atoms with E-state index in [1.165, 1.54) is 12.1 Å². The summed E-state index contributed by atoms with van der Waals surface area (Å²) in [5, 5.41) is 12.6. The van der Waals surface area contributed by atoms with Gasteiger partial charge in [0.1, 0.15) is 0 Å². The number of rotatable bonds is 4. The van der Waals surface area contributed by atoms with Gasteiger partial charge in [0.2, 0.25) is 0 Å². The molecule has 1 unspecified atom stereocenters. The van der Waals surface area contributed by atoms with Crippen LogP contribution in [-0.2, 0) is 6.18 Å². The summed E-state index contributed by atoms with van der Waals surface area (Å²) in [6, 6.07) is 4.68. The second-order valence-electron chi connectivity index (χ2n) is 3.70. The highest BCUT2D eigenvalue weighted by Crippen LogP contribution is 2.30. The maximum atomic E-state index is 12.5. The minimum absolute atomic E-state index is 0.163. The van der Waals surface area contributed by atoms with Crippen LogP contribution in [0.25, 0.3) is 0 Å². The van der Waals surface area contributed by atoms with E-state index in [1.807, 2.05) is 0 Å². The Morgan fingerprint density at radius 1 is 1.39 bits per heavy atom. The molecule has 0 aromatic heterocycles. The molecule has 0 saturated heterocycles. The summed E-state index contributed by atoms with van der Waals surface area (Å²) in [6.45, 7) is 2.24. The molecule has 2 nitrogen and oxygen atoms in total. The molecule has 2 N–H and O–H groups in total. The van der Waals surface area contributed by atoms with Gasteiger partial charge in [-0.2, -0.15) is 13.2 Å². The molecule has 98 valence electrons. The van der Waals surface area contributed by atoms with Gasteiger partial charge in [-0.3, -0.25) is 0 Å². The van der Waals surface area contributed by atoms with Crippen LogP contribution in [0.2, 0.25) is 0 Å². The van der Waals surface area contributed by atoms with E-state index in [-0.39, 0.29) is 12.1 Å². The Balaban J connectivity index is 2.67. The van der Waals surface area contributed by atoms with Crippen molar-refractivity contribution in [1.29, 1.82) is 0 Å². The van der Waals surface area contributed by atoms with Crippen molar-refractivity contribution in [2.75, 3.05) is 13.1 Å². The Hall–Kier alpha value is -1.51. The summed E-state index contributed by atoms with van der Waals surface area (Å²) in [4.78, 5) is 0. The molecule has 0 heterocycles. The molecule has 1 aromatic rings. The predicted octanol–water partition coefficient (Wildman–Crippen LogP) is 2.35. The van der Waals surface area contributed by atoms with E-state index >= 15 is 0 Å². The zero-order valence-electron chi connectivity index (χ0n) is 9.88. The second-order valence-corrected chi connectivity index (χ2v) is 3.70. The third-order valence-electron chi connectivity index (χ3n) is 2.33. The van der Waals surface area contributed by atoms with Gasteiger partial charge in [-0.15, -0.1) is 5.92 Å². The highest BCUT2D eigenvalue weighted by Gasteiger charge is 2.30. The fourth-order valence-corrected chi connectivity index (χ4v) is 1.40. The van der Waals surface area contributed by atoms with Crippen molar-refractivity contribution in [2.24, 2.45) is 0 Å². The molecular formula is C13H14F3NO. The van der Waals surface area contributed by atoms with E-state index in [2.05, 4.69) is 17.2 Å². The average Bonchev–Trinajstić information content (AvgIpc) is 2.33. The van der Waals surface area contributed by atoms with Crippen LogP contribution in [0.5, 0.6) is 0 Å². The van der Waals surface area contributed by atoms with Gasteiger partial charge < -0.3 is 10.4 Å². The number of nitrogens with one attached hydrogen (secondary N) is 1. The Kier molecular flexibility index (Phi) is 5.20. The van der Waals surface area contributed by atoms with Crippen LogP contribution in [0.15, 0.2) is 24.3 Å². The van der Waals surface area contributed by atoms with E-state index < -0.39 is 17.8 Å². The topological polar surface area (TPSA) is 32.3 Å². The summed E-state index contributed by atoms with van der Waals surface area (Å²) in [5.41, 5.74) is -0.519. The fourth-order valence-electron chi connectivity index (χ4n) is 1.40. The molecule has 1 atom stereocenters. The second kappa shape index (κ2) is 6.43. The van der Waals surface area contributed by atoms with Crippen LogP contribution in [0.1, 0.15) is 24.2 Å². The molecule has 0 fully saturated rings. The van der Waals surface area contributed by atoms with Crippen LogP contribution < -0.4 is 5.32 Å². The Labute approximate surface area is 104 Å². The van der Waals surface area contributed by atoms with Crippen molar-refractivity contribution >= 4 is 0 Å². The minimum Gasteiger partial charge on any atom is -0.387 e. The van der Waals surface area contributed by atoms with Crippen LogP contribution in [0.4, 0.5) is 13.2 Å². The molecule has 0 radical (unpaired) electrons. The van der Waals surface area contributed by atoms with Gasteiger partial charge in [-0.05, 0) is 24.6 Å². The number of halogens is 3. The van der Waals surface area contributed by atoms with E-state index in [1.54, 1.807) is 6.92 Å². The average molecular weight is 257 g/mol. The van der Waals surface area contributed by atoms with Crippen molar-refractivity contribution < 1.29 is 18.3 Å². The van der Waals surface area contributed by atoms with Gasteiger partial charge in [0.15, 0.2) is 0 Å². The molecule has 1 rings (SSSR count). The molecule has 0 aliphatic rings. The van der Waals surface area contributed by atoms with Gasteiger partial charge in [-0.1, -0.05) is 18.1 Å². The normalized spacial score (nSPS) is 12.7. The van der Waals surface area contributed by atoms with Gasteiger partial charge in [0, 0.05) is 6.54 Å². The van der Waals surface area contributed by atoms with Crippen LogP contribution in [-0.4, -0.2) is 18.2 Å². The van der Waals surface area contributed by atoms with E-state index in [0.29, 0.717) is 6.54 Å². The zero-order chi connectivity index (χ0) is 13.6. The molecule has 0 amide bonds. The Morgan fingerprint density at radius 3 is 2.72 bits per heavy atom. The smallest absolute Gasteiger partial charge is 0.387 e. The molecule has 0 spiro atoms. The number of aliphatic hydroxyl groups is 1. The third-order valence-corrected chi connectivity index (χ3v) is 2.33. The first-order chi connectivity index (χ1) is 8.45. The lowest BCUT2D eigenvalue weighted by molar-refractivity contribution is -0.137. The first-order valence-electron chi connectivity index (χ1n) is 5.40. The van der Waals surface area contributed by atoms with Crippen molar-refractivity contribution in [2.45, 2.75) is 19.2 Å². The summed E-state index contributed by atoms with van der Waals surface area (Å²) in [7, 11) is 0. The Bertz CT molecular complexity index is 446. The molecule has 5 heteroatoms. The molecule has 0 bridgehead atoms. The van der Waals surface area contributed by atoms with Crippen LogP contribution in [0, 0.1) is 11.8 Å². The molecule has 0 aliphatic carbocycles. The molecule has 1 aromatic carbocycles. The predicted molar refractivity (Wildman–Crippen MR) is 62.7 cm³/mol. The van der Waals surface area contributed by atoms with Gasteiger partial charge >= 0.3 is 6.18 Å². The van der Waals surface area contributed by atoms with E-state index in [9.17, 15) is 18.3 Å². The van der Waals surface area contributed by atoms with Crippen molar-refractivity contribution in [3.05, 3.63) is 35.4 Å². The van der Waals surface area contributed by atoms with E-state index in [4.69, 9.17) is 0 Å². The lowest BCUT2D eigenvalue weighted by Gasteiger charge is -2.13. The summed E-state index contributed by atoms with van der Waals surface area (Å²) < 4.78 is 37.4. The fraction of sp³-hybridized carbons (Fsp3) is 0.385. The van der Waals surface area contributed by atoms with Crippen LogP contribution >= 0.6 is 0 Å². The standard InChI is InChI=1S/C13H14F3NO/c1-2-3-7-17-9-12(18)10-5-4-6-11(8-10)13(14,15)16/h4-6,8,12,17-18H,7,9H2,1H3. The summed E-state index contributed by atoms with van der Waals surface area (Å²) in [5.74, 6) is 5.41. The summed E-state index contributed by atoms with van der Waals surface area (Å²) in [6.07, 6.45) is -5.37. The number of hydrogen-bond donors (Lipinski definition) is 2. The van der Waals surface area contributed by atoms with Gasteiger partial charge in [0.05, 0.1) is 18.2 Å². The van der Waals surface area contributed by atoms with Gasteiger partial charge in [-0.25, -0.2) is 0 Å². The molecular weight excluding hydrogens is 243 g/mol. The number of alkyl halides is 3. The number of hydrogen-bond acceptors (Lipinski definition) is 2. The number of benzene rings is 1. The first-order valence-corrected chi connectivity index (χ1v) is 5.40. The maximum Gasteiger partial charge on any atom is 0.416 e. The maximum absolute atomic E-state index is 12.5. The monoisotopic (exact) mass is 257 g/mol. The van der Waals surface area contributed by atoms with Crippen LogP contribution in [0.3, 0.4) is 0 Å². The Morgan fingerprint density at radius 2 is 2.11 bits per heavy atom. The largest absolute Gasteiger partial charge is 0.416 e. The first kappa shape index (κ1) is 14.6. The van der Waals surface area contributed by atoms with Crippen molar-refractivity contribution in [3.8, 4) is 11.8 Å². The highest BCUT2D eigenvalue weighted by molar-refractivity contribution is 5.27. The zero-order valence-corrected chi connectivity index (χ0v) is 9.88. The quantitative estimate of drug-likeness (QED) is 0.641. The minimum atomic E-state index is -4.39. The van der Waals surface area contributed by atoms with Crippen molar-refractivity contribution in [1.82, 2.24) is 5.32 Å². The number of aliphatic hydroxyl groups excluding tert-OH is 1.